The predicted octanol–water partition coefficient (Wildman–Crippen LogP) is 3.07. The van der Waals surface area contributed by atoms with Gasteiger partial charge in [0, 0.05) is 16.5 Å². The number of carbonyl (C=O) groups excluding carboxylic acids is 1. The average molecular weight is 303 g/mol. The number of anilines is 1. The van der Waals surface area contributed by atoms with Gasteiger partial charge < -0.3 is 5.32 Å². The van der Waals surface area contributed by atoms with Gasteiger partial charge in [0.25, 0.3) is 5.91 Å². The number of nitrogens with one attached hydrogen (secondary N) is 2. The molecule has 2 N–H and O–H groups in total. The highest BCUT2D eigenvalue weighted by Crippen LogP contribution is 2.20. The SMILES string of the molecule is Cc1nc(C(=O)Nc2ccc3cn[nH]c3c2)c2ccccc2n1. The summed E-state index contributed by atoms with van der Waals surface area (Å²) in [6, 6.07) is 13.1. The van der Waals surface area contributed by atoms with Gasteiger partial charge in [-0.15, -0.1) is 0 Å². The van der Waals surface area contributed by atoms with Gasteiger partial charge in [-0.2, -0.15) is 5.10 Å². The fourth-order valence-corrected chi connectivity index (χ4v) is 2.57. The molecule has 2 heterocycles. The third-order valence-electron chi connectivity index (χ3n) is 3.63. The number of aryl methyl sites for hydroxylation is 1. The van der Waals surface area contributed by atoms with Crippen LogP contribution in [0.1, 0.15) is 16.3 Å². The van der Waals surface area contributed by atoms with Gasteiger partial charge in [-0.05, 0) is 31.2 Å². The number of aromatic amines is 1. The summed E-state index contributed by atoms with van der Waals surface area (Å²) < 4.78 is 0. The van der Waals surface area contributed by atoms with Crippen LogP contribution in [0.3, 0.4) is 0 Å². The second kappa shape index (κ2) is 5.17. The molecule has 23 heavy (non-hydrogen) atoms. The van der Waals surface area contributed by atoms with Crippen molar-refractivity contribution in [3.05, 3.63) is 60.2 Å². The van der Waals surface area contributed by atoms with Gasteiger partial charge >= 0.3 is 0 Å². The first-order valence-electron chi connectivity index (χ1n) is 7.18. The standard InChI is InChI=1S/C17H13N5O/c1-10-19-14-5-3-2-4-13(14)16(20-10)17(23)21-12-7-6-11-9-18-22-15(11)8-12/h2-9H,1H3,(H,18,22)(H,21,23). The zero-order valence-electron chi connectivity index (χ0n) is 12.4. The van der Waals surface area contributed by atoms with E-state index in [0.29, 0.717) is 17.2 Å². The Bertz CT molecular complexity index is 1040. The van der Waals surface area contributed by atoms with E-state index in [0.717, 1.165) is 21.8 Å². The summed E-state index contributed by atoms with van der Waals surface area (Å²) in [6.45, 7) is 1.78. The van der Waals surface area contributed by atoms with Gasteiger partial charge in [0.1, 0.15) is 11.5 Å². The second-order valence-corrected chi connectivity index (χ2v) is 5.26. The van der Waals surface area contributed by atoms with Crippen LogP contribution in [0, 0.1) is 6.92 Å². The van der Waals surface area contributed by atoms with Crippen LogP contribution in [0.5, 0.6) is 0 Å². The number of nitrogens with zero attached hydrogens (tertiary/aromatic N) is 3. The first-order chi connectivity index (χ1) is 11.2. The summed E-state index contributed by atoms with van der Waals surface area (Å²) >= 11 is 0. The number of rotatable bonds is 2. The van der Waals surface area contributed by atoms with E-state index in [1.807, 2.05) is 42.5 Å². The van der Waals surface area contributed by atoms with Crippen LogP contribution in [-0.4, -0.2) is 26.1 Å². The maximum Gasteiger partial charge on any atom is 0.275 e. The lowest BCUT2D eigenvalue weighted by molar-refractivity contribution is 0.102. The maximum absolute atomic E-state index is 12.6. The highest BCUT2D eigenvalue weighted by Gasteiger charge is 2.14. The van der Waals surface area contributed by atoms with Crippen molar-refractivity contribution in [1.82, 2.24) is 20.2 Å². The lowest BCUT2D eigenvalue weighted by Crippen LogP contribution is -2.15. The molecule has 0 unspecified atom stereocenters. The minimum absolute atomic E-state index is 0.259. The first kappa shape index (κ1) is 13.4. The molecule has 4 aromatic rings. The Morgan fingerprint density at radius 3 is 2.91 bits per heavy atom. The molecule has 0 saturated heterocycles. The number of carbonyl (C=O) groups is 1. The summed E-state index contributed by atoms with van der Waals surface area (Å²) in [5, 5.41) is 11.5. The normalized spacial score (nSPS) is 11.0. The number of hydrogen-bond acceptors (Lipinski definition) is 4. The Hall–Kier alpha value is -3.28. The topological polar surface area (TPSA) is 83.6 Å². The van der Waals surface area contributed by atoms with Crippen LogP contribution in [-0.2, 0) is 0 Å². The number of para-hydroxylation sites is 1. The van der Waals surface area contributed by atoms with Gasteiger partial charge in [-0.3, -0.25) is 9.89 Å². The molecule has 2 aromatic carbocycles. The molecule has 0 spiro atoms. The number of amides is 1. The second-order valence-electron chi connectivity index (χ2n) is 5.26. The fraction of sp³-hybridized carbons (Fsp3) is 0.0588. The van der Waals surface area contributed by atoms with E-state index in [2.05, 4.69) is 25.5 Å². The Morgan fingerprint density at radius 2 is 2.00 bits per heavy atom. The predicted molar refractivity (Wildman–Crippen MR) is 88.3 cm³/mol. The minimum atomic E-state index is -0.259. The monoisotopic (exact) mass is 303 g/mol. The smallest absolute Gasteiger partial charge is 0.275 e. The third-order valence-corrected chi connectivity index (χ3v) is 3.63. The highest BCUT2D eigenvalue weighted by molar-refractivity contribution is 6.11. The lowest BCUT2D eigenvalue weighted by Gasteiger charge is -2.08. The zero-order valence-corrected chi connectivity index (χ0v) is 12.4. The molecule has 2 aromatic heterocycles. The molecule has 6 nitrogen and oxygen atoms in total. The van der Waals surface area contributed by atoms with Crippen LogP contribution in [0.2, 0.25) is 0 Å². The van der Waals surface area contributed by atoms with Crippen molar-refractivity contribution in [2.45, 2.75) is 6.92 Å². The van der Waals surface area contributed by atoms with E-state index >= 15 is 0 Å². The number of aromatic nitrogens is 4. The van der Waals surface area contributed by atoms with Crippen molar-refractivity contribution in [3.63, 3.8) is 0 Å². The Kier molecular flexibility index (Phi) is 3.01. The van der Waals surface area contributed by atoms with Crippen molar-refractivity contribution in [2.24, 2.45) is 0 Å². The number of hydrogen-bond donors (Lipinski definition) is 2. The van der Waals surface area contributed by atoms with Crippen LogP contribution >= 0.6 is 0 Å². The summed E-state index contributed by atoms with van der Waals surface area (Å²) in [5.74, 6) is 0.309. The largest absolute Gasteiger partial charge is 0.321 e. The molecular formula is C17H13N5O. The summed E-state index contributed by atoms with van der Waals surface area (Å²) in [5.41, 5.74) is 2.69. The van der Waals surface area contributed by atoms with Gasteiger partial charge in [0.15, 0.2) is 0 Å². The molecule has 112 valence electrons. The van der Waals surface area contributed by atoms with Gasteiger partial charge in [0.05, 0.1) is 17.2 Å². The quantitative estimate of drug-likeness (QED) is 0.596. The van der Waals surface area contributed by atoms with Crippen LogP contribution in [0.25, 0.3) is 21.8 Å². The number of benzene rings is 2. The van der Waals surface area contributed by atoms with E-state index in [9.17, 15) is 4.79 Å². The summed E-state index contributed by atoms with van der Waals surface area (Å²) in [6.07, 6.45) is 1.74. The zero-order chi connectivity index (χ0) is 15.8. The Labute approximate surface area is 131 Å². The molecule has 0 saturated carbocycles. The first-order valence-corrected chi connectivity index (χ1v) is 7.18. The molecule has 0 bridgehead atoms. The van der Waals surface area contributed by atoms with Gasteiger partial charge in [-0.25, -0.2) is 9.97 Å². The van der Waals surface area contributed by atoms with E-state index in [4.69, 9.17) is 0 Å². The van der Waals surface area contributed by atoms with Gasteiger partial charge in [0.2, 0.25) is 0 Å². The minimum Gasteiger partial charge on any atom is -0.321 e. The maximum atomic E-state index is 12.6. The van der Waals surface area contributed by atoms with E-state index < -0.39 is 0 Å². The molecule has 4 rings (SSSR count). The summed E-state index contributed by atoms with van der Waals surface area (Å²) in [4.78, 5) is 21.3. The molecule has 0 aliphatic rings. The number of H-pyrrole nitrogens is 1. The van der Waals surface area contributed by atoms with Crippen molar-refractivity contribution >= 4 is 33.4 Å². The molecule has 0 aliphatic carbocycles. The van der Waals surface area contributed by atoms with E-state index in [1.54, 1.807) is 13.1 Å². The van der Waals surface area contributed by atoms with Gasteiger partial charge in [-0.1, -0.05) is 18.2 Å². The molecule has 0 aliphatic heterocycles. The number of fused-ring (bicyclic) bond motifs is 2. The van der Waals surface area contributed by atoms with Crippen molar-refractivity contribution < 1.29 is 4.79 Å². The van der Waals surface area contributed by atoms with Crippen molar-refractivity contribution in [2.75, 3.05) is 5.32 Å². The molecule has 6 heteroatoms. The third kappa shape index (κ3) is 2.40. The van der Waals surface area contributed by atoms with Crippen LogP contribution in [0.4, 0.5) is 5.69 Å². The molecular weight excluding hydrogens is 290 g/mol. The summed E-state index contributed by atoms with van der Waals surface area (Å²) in [7, 11) is 0. The average Bonchev–Trinajstić information content (AvgIpc) is 3.01. The molecule has 0 atom stereocenters. The van der Waals surface area contributed by atoms with Crippen LogP contribution < -0.4 is 5.32 Å². The van der Waals surface area contributed by atoms with Crippen molar-refractivity contribution in [3.8, 4) is 0 Å². The van der Waals surface area contributed by atoms with Crippen molar-refractivity contribution in [1.29, 1.82) is 0 Å². The fourth-order valence-electron chi connectivity index (χ4n) is 2.57. The lowest BCUT2D eigenvalue weighted by atomic mass is 10.1. The van der Waals surface area contributed by atoms with E-state index in [-0.39, 0.29) is 5.91 Å². The molecule has 1 amide bonds. The Morgan fingerprint density at radius 1 is 1.13 bits per heavy atom. The molecule has 0 fully saturated rings. The van der Waals surface area contributed by atoms with E-state index in [1.165, 1.54) is 0 Å². The van der Waals surface area contributed by atoms with Crippen LogP contribution in [0.15, 0.2) is 48.7 Å². The highest BCUT2D eigenvalue weighted by atomic mass is 16.1. The molecule has 0 radical (unpaired) electrons. The Balaban J connectivity index is 1.74.